The van der Waals surface area contributed by atoms with E-state index in [4.69, 9.17) is 4.98 Å². The molecule has 5 rings (SSSR count). The standard InChI is InChI=1S/C23H20N6O/c1-14(27-23-21-22(25-13-26-23)24-12-19(30)29-21)17-11-16-9-5-6-10-18(16)28-20(17)15-7-3-2-4-8-15/h2-11,13-14H,12H2,1H3,(H,29,30)(H2,24,25,26,27). The van der Waals surface area contributed by atoms with Crippen molar-refractivity contribution in [1.29, 1.82) is 0 Å². The zero-order chi connectivity index (χ0) is 20.5. The van der Waals surface area contributed by atoms with E-state index in [1.165, 1.54) is 6.33 Å². The lowest BCUT2D eigenvalue weighted by molar-refractivity contribution is -0.114. The minimum atomic E-state index is -0.120. The van der Waals surface area contributed by atoms with Crippen molar-refractivity contribution >= 4 is 34.1 Å². The Labute approximate surface area is 173 Å². The molecule has 3 heterocycles. The fraction of sp³-hybridized carbons (Fsp3) is 0.130. The van der Waals surface area contributed by atoms with Gasteiger partial charge in [0.05, 0.1) is 23.8 Å². The smallest absolute Gasteiger partial charge is 0.243 e. The van der Waals surface area contributed by atoms with Gasteiger partial charge >= 0.3 is 0 Å². The number of nitrogens with zero attached hydrogens (tertiary/aromatic N) is 3. The maximum atomic E-state index is 11.9. The fourth-order valence-corrected chi connectivity index (χ4v) is 3.67. The predicted molar refractivity (Wildman–Crippen MR) is 118 cm³/mol. The van der Waals surface area contributed by atoms with Gasteiger partial charge in [-0.2, -0.15) is 0 Å². The predicted octanol–water partition coefficient (Wildman–Crippen LogP) is 4.23. The molecule has 2 aromatic carbocycles. The third kappa shape index (κ3) is 3.30. The summed E-state index contributed by atoms with van der Waals surface area (Å²) in [5, 5.41) is 10.4. The molecule has 1 atom stereocenters. The Morgan fingerprint density at radius 3 is 2.70 bits per heavy atom. The van der Waals surface area contributed by atoms with Crippen molar-refractivity contribution in [1.82, 2.24) is 15.0 Å². The number of fused-ring (bicyclic) bond motifs is 2. The first-order valence-corrected chi connectivity index (χ1v) is 9.79. The number of anilines is 3. The molecule has 1 aliphatic rings. The van der Waals surface area contributed by atoms with Crippen LogP contribution in [-0.2, 0) is 4.79 Å². The minimum Gasteiger partial charge on any atom is -0.362 e. The Morgan fingerprint density at radius 2 is 1.83 bits per heavy atom. The van der Waals surface area contributed by atoms with Gasteiger partial charge in [0.1, 0.15) is 12.0 Å². The second-order valence-corrected chi connectivity index (χ2v) is 7.20. The van der Waals surface area contributed by atoms with Gasteiger partial charge in [0.2, 0.25) is 5.91 Å². The van der Waals surface area contributed by atoms with Crippen LogP contribution in [-0.4, -0.2) is 27.4 Å². The molecule has 0 bridgehead atoms. The van der Waals surface area contributed by atoms with Gasteiger partial charge in [-0.1, -0.05) is 48.5 Å². The lowest BCUT2D eigenvalue weighted by atomic mass is 9.98. The van der Waals surface area contributed by atoms with E-state index < -0.39 is 0 Å². The molecule has 3 N–H and O–H groups in total. The average molecular weight is 396 g/mol. The van der Waals surface area contributed by atoms with Gasteiger partial charge in [0, 0.05) is 16.5 Å². The van der Waals surface area contributed by atoms with Gasteiger partial charge in [-0.3, -0.25) is 4.79 Å². The third-order valence-corrected chi connectivity index (χ3v) is 5.15. The minimum absolute atomic E-state index is 0.116. The van der Waals surface area contributed by atoms with Gasteiger partial charge in [0.25, 0.3) is 0 Å². The van der Waals surface area contributed by atoms with E-state index in [1.807, 2.05) is 36.4 Å². The maximum Gasteiger partial charge on any atom is 0.243 e. The molecule has 1 aliphatic heterocycles. The highest BCUT2D eigenvalue weighted by atomic mass is 16.2. The Bertz CT molecular complexity index is 1240. The lowest BCUT2D eigenvalue weighted by Gasteiger charge is -2.23. The first-order chi connectivity index (χ1) is 14.7. The van der Waals surface area contributed by atoms with Crippen LogP contribution in [0.3, 0.4) is 0 Å². The number of hydrogen-bond donors (Lipinski definition) is 3. The summed E-state index contributed by atoms with van der Waals surface area (Å²) in [5.41, 5.74) is 4.52. The highest BCUT2D eigenvalue weighted by molar-refractivity contribution is 6.02. The lowest BCUT2D eigenvalue weighted by Crippen LogP contribution is -2.29. The van der Waals surface area contributed by atoms with Gasteiger partial charge in [0.15, 0.2) is 11.6 Å². The molecule has 0 saturated carbocycles. The first kappa shape index (κ1) is 18.1. The molecule has 0 fully saturated rings. The highest BCUT2D eigenvalue weighted by Gasteiger charge is 2.22. The highest BCUT2D eigenvalue weighted by Crippen LogP contribution is 2.34. The van der Waals surface area contributed by atoms with E-state index in [2.05, 4.69) is 57.1 Å². The summed E-state index contributed by atoms with van der Waals surface area (Å²) in [6, 6.07) is 20.3. The quantitative estimate of drug-likeness (QED) is 0.478. The van der Waals surface area contributed by atoms with Crippen molar-refractivity contribution in [3.63, 3.8) is 0 Å². The summed E-state index contributed by atoms with van der Waals surface area (Å²) >= 11 is 0. The van der Waals surface area contributed by atoms with E-state index in [0.717, 1.165) is 27.7 Å². The number of hydrogen-bond acceptors (Lipinski definition) is 6. The van der Waals surface area contributed by atoms with E-state index in [1.54, 1.807) is 0 Å². The Hall–Kier alpha value is -4.00. The van der Waals surface area contributed by atoms with Crippen molar-refractivity contribution in [2.75, 3.05) is 22.5 Å². The van der Waals surface area contributed by atoms with Gasteiger partial charge in [-0.05, 0) is 19.1 Å². The largest absolute Gasteiger partial charge is 0.362 e. The summed E-state index contributed by atoms with van der Waals surface area (Å²) in [6.07, 6.45) is 1.48. The van der Waals surface area contributed by atoms with Crippen LogP contribution in [0.15, 0.2) is 67.0 Å². The molecule has 148 valence electrons. The van der Waals surface area contributed by atoms with Crippen LogP contribution in [0.2, 0.25) is 0 Å². The Morgan fingerprint density at radius 1 is 1.03 bits per heavy atom. The molecule has 0 radical (unpaired) electrons. The number of amides is 1. The SMILES string of the molecule is CC(Nc1ncnc2c1NC(=O)CN2)c1cc2ccccc2nc1-c1ccccc1. The van der Waals surface area contributed by atoms with E-state index >= 15 is 0 Å². The third-order valence-electron chi connectivity index (χ3n) is 5.15. The van der Waals surface area contributed by atoms with Crippen LogP contribution in [0.1, 0.15) is 18.5 Å². The summed E-state index contributed by atoms with van der Waals surface area (Å²) in [5.74, 6) is 1.06. The Balaban J connectivity index is 1.58. The molecule has 1 unspecified atom stereocenters. The molecular formula is C23H20N6O. The van der Waals surface area contributed by atoms with E-state index in [0.29, 0.717) is 17.3 Å². The topological polar surface area (TPSA) is 91.8 Å². The normalized spacial score (nSPS) is 13.8. The first-order valence-electron chi connectivity index (χ1n) is 9.79. The zero-order valence-corrected chi connectivity index (χ0v) is 16.4. The number of carbonyl (C=O) groups is 1. The monoisotopic (exact) mass is 396 g/mol. The number of aromatic nitrogens is 3. The average Bonchev–Trinajstić information content (AvgIpc) is 2.79. The van der Waals surface area contributed by atoms with Gasteiger partial charge in [-0.25, -0.2) is 15.0 Å². The molecule has 7 nitrogen and oxygen atoms in total. The van der Waals surface area contributed by atoms with E-state index in [9.17, 15) is 4.79 Å². The molecule has 0 spiro atoms. The zero-order valence-electron chi connectivity index (χ0n) is 16.4. The fourth-order valence-electron chi connectivity index (χ4n) is 3.67. The summed E-state index contributed by atoms with van der Waals surface area (Å²) in [6.45, 7) is 2.26. The van der Waals surface area contributed by atoms with Crippen molar-refractivity contribution in [3.8, 4) is 11.3 Å². The second kappa shape index (κ2) is 7.44. The molecule has 0 aliphatic carbocycles. The molecule has 1 amide bonds. The van der Waals surface area contributed by atoms with Crippen LogP contribution in [0.4, 0.5) is 17.3 Å². The van der Waals surface area contributed by atoms with Gasteiger partial charge in [-0.15, -0.1) is 0 Å². The summed E-state index contributed by atoms with van der Waals surface area (Å²) < 4.78 is 0. The van der Waals surface area contributed by atoms with Crippen LogP contribution < -0.4 is 16.0 Å². The number of para-hydroxylation sites is 1. The molecule has 30 heavy (non-hydrogen) atoms. The second-order valence-electron chi connectivity index (χ2n) is 7.20. The van der Waals surface area contributed by atoms with Crippen LogP contribution in [0, 0.1) is 0 Å². The van der Waals surface area contributed by atoms with Crippen molar-refractivity contribution in [2.24, 2.45) is 0 Å². The van der Waals surface area contributed by atoms with Crippen molar-refractivity contribution in [3.05, 3.63) is 72.6 Å². The summed E-state index contributed by atoms with van der Waals surface area (Å²) in [7, 11) is 0. The maximum absolute atomic E-state index is 11.9. The number of pyridine rings is 1. The van der Waals surface area contributed by atoms with Crippen molar-refractivity contribution < 1.29 is 4.79 Å². The molecule has 0 saturated heterocycles. The van der Waals surface area contributed by atoms with E-state index in [-0.39, 0.29) is 18.5 Å². The molecule has 4 aromatic rings. The van der Waals surface area contributed by atoms with Gasteiger partial charge < -0.3 is 16.0 Å². The number of carbonyl (C=O) groups excluding carboxylic acids is 1. The van der Waals surface area contributed by atoms with Crippen molar-refractivity contribution in [2.45, 2.75) is 13.0 Å². The Kier molecular flexibility index (Phi) is 4.48. The number of benzene rings is 2. The molecule has 2 aromatic heterocycles. The summed E-state index contributed by atoms with van der Waals surface area (Å²) in [4.78, 5) is 25.4. The van der Waals surface area contributed by atoms with Crippen LogP contribution in [0.5, 0.6) is 0 Å². The molecule has 7 heteroatoms. The van der Waals surface area contributed by atoms with Crippen LogP contribution in [0.25, 0.3) is 22.2 Å². The van der Waals surface area contributed by atoms with Crippen LogP contribution >= 0.6 is 0 Å². The number of nitrogens with one attached hydrogen (secondary N) is 3. The molecular weight excluding hydrogens is 376 g/mol. The number of rotatable bonds is 4.